The Morgan fingerprint density at radius 3 is 2.64 bits per heavy atom. The Bertz CT molecular complexity index is 702. The number of carbonyl (C=O) groups is 1. The molecule has 0 atom stereocenters. The number of carbonyl (C=O) groups excluding carboxylic acids is 1. The van der Waals surface area contributed by atoms with Crippen LogP contribution in [0.4, 0.5) is 10.5 Å². The fourth-order valence-corrected chi connectivity index (χ4v) is 2.30. The van der Waals surface area contributed by atoms with Gasteiger partial charge in [0.05, 0.1) is 6.04 Å². The summed E-state index contributed by atoms with van der Waals surface area (Å²) in [5.41, 5.74) is 0.304. The molecule has 7 nitrogen and oxygen atoms in total. The number of benzene rings is 1. The van der Waals surface area contributed by atoms with E-state index in [-0.39, 0.29) is 6.04 Å². The fraction of sp³-hybridized carbons (Fsp3) is 0.467. The maximum absolute atomic E-state index is 12.7. The SMILES string of the molecule is CCCCN(C(=O)n1nnn(C2CC2)c1=O)c1ccccc1. The molecule has 3 rings (SSSR count). The predicted molar refractivity (Wildman–Crippen MR) is 82.0 cm³/mol. The number of hydrogen-bond donors (Lipinski definition) is 0. The Balaban J connectivity index is 1.90. The third-order valence-corrected chi connectivity index (χ3v) is 3.71. The van der Waals surface area contributed by atoms with Crippen LogP contribution in [0.3, 0.4) is 0 Å². The van der Waals surface area contributed by atoms with Crippen LogP contribution in [0.2, 0.25) is 0 Å². The number of aromatic nitrogens is 4. The molecule has 0 saturated heterocycles. The van der Waals surface area contributed by atoms with Crippen LogP contribution in [0, 0.1) is 0 Å². The molecule has 0 spiro atoms. The van der Waals surface area contributed by atoms with Crippen molar-refractivity contribution in [3.63, 3.8) is 0 Å². The highest BCUT2D eigenvalue weighted by molar-refractivity contribution is 5.92. The van der Waals surface area contributed by atoms with E-state index in [2.05, 4.69) is 17.4 Å². The molecule has 1 aliphatic rings. The molecule has 116 valence electrons. The van der Waals surface area contributed by atoms with Crippen molar-refractivity contribution in [1.29, 1.82) is 0 Å². The summed E-state index contributed by atoms with van der Waals surface area (Å²) in [5.74, 6) is 0. The van der Waals surface area contributed by atoms with Gasteiger partial charge in [-0.05, 0) is 41.8 Å². The monoisotopic (exact) mass is 301 g/mol. The molecular formula is C15H19N5O2. The molecule has 2 aromatic rings. The van der Waals surface area contributed by atoms with E-state index in [1.807, 2.05) is 30.3 Å². The highest BCUT2D eigenvalue weighted by Gasteiger charge is 2.30. The molecule has 1 saturated carbocycles. The number of anilines is 1. The van der Waals surface area contributed by atoms with Gasteiger partial charge in [-0.25, -0.2) is 9.59 Å². The first-order valence-electron chi connectivity index (χ1n) is 7.63. The number of amides is 1. The largest absolute Gasteiger partial charge is 0.372 e. The molecule has 0 unspecified atom stereocenters. The van der Waals surface area contributed by atoms with Gasteiger partial charge in [0.25, 0.3) is 0 Å². The average molecular weight is 301 g/mol. The maximum Gasteiger partial charge on any atom is 0.372 e. The molecule has 0 N–H and O–H groups in total. The topological polar surface area (TPSA) is 73.0 Å². The van der Waals surface area contributed by atoms with Crippen molar-refractivity contribution in [2.45, 2.75) is 38.6 Å². The maximum atomic E-state index is 12.7. The molecule has 1 fully saturated rings. The minimum atomic E-state index is -0.454. The van der Waals surface area contributed by atoms with E-state index in [1.165, 1.54) is 4.68 Å². The summed E-state index contributed by atoms with van der Waals surface area (Å²) in [7, 11) is 0. The van der Waals surface area contributed by atoms with Crippen molar-refractivity contribution in [3.05, 3.63) is 40.8 Å². The van der Waals surface area contributed by atoms with Crippen LogP contribution in [0.1, 0.15) is 38.6 Å². The number of unbranched alkanes of at least 4 members (excludes halogenated alkanes) is 1. The van der Waals surface area contributed by atoms with Gasteiger partial charge in [0, 0.05) is 12.2 Å². The molecule has 7 heteroatoms. The molecule has 1 heterocycles. The lowest BCUT2D eigenvalue weighted by Gasteiger charge is -2.21. The van der Waals surface area contributed by atoms with Crippen LogP contribution in [-0.2, 0) is 0 Å². The summed E-state index contributed by atoms with van der Waals surface area (Å²) in [6, 6.07) is 8.98. The summed E-state index contributed by atoms with van der Waals surface area (Å²) in [6.07, 6.45) is 3.66. The first kappa shape index (κ1) is 14.5. The first-order valence-corrected chi connectivity index (χ1v) is 7.63. The minimum absolute atomic E-state index is 0.106. The zero-order valence-corrected chi connectivity index (χ0v) is 12.6. The lowest BCUT2D eigenvalue weighted by atomic mass is 10.2. The highest BCUT2D eigenvalue weighted by Crippen LogP contribution is 2.32. The van der Waals surface area contributed by atoms with Crippen LogP contribution < -0.4 is 10.6 Å². The standard InChI is InChI=1S/C15H19N5O2/c1-2-3-11-18(12-7-5-4-6-8-12)14(21)20-15(22)19(16-17-20)13-9-10-13/h4-8,13H,2-3,9-11H2,1H3. The number of nitrogens with zero attached hydrogens (tertiary/aromatic N) is 5. The Labute approximate surface area is 128 Å². The molecular weight excluding hydrogens is 282 g/mol. The van der Waals surface area contributed by atoms with Crippen LogP contribution in [0.15, 0.2) is 35.1 Å². The molecule has 1 amide bonds. The lowest BCUT2D eigenvalue weighted by Crippen LogP contribution is -2.41. The van der Waals surface area contributed by atoms with Gasteiger partial charge in [0.1, 0.15) is 0 Å². The van der Waals surface area contributed by atoms with E-state index in [1.54, 1.807) is 4.90 Å². The van der Waals surface area contributed by atoms with Crippen molar-refractivity contribution in [3.8, 4) is 0 Å². The van der Waals surface area contributed by atoms with Gasteiger partial charge >= 0.3 is 11.7 Å². The molecule has 0 bridgehead atoms. The third-order valence-electron chi connectivity index (χ3n) is 3.71. The summed E-state index contributed by atoms with van der Waals surface area (Å²) < 4.78 is 2.17. The van der Waals surface area contributed by atoms with Crippen molar-refractivity contribution >= 4 is 11.7 Å². The summed E-state index contributed by atoms with van der Waals surface area (Å²) in [5, 5.41) is 7.58. The normalized spacial score (nSPS) is 14.0. The van der Waals surface area contributed by atoms with Crippen molar-refractivity contribution in [2.24, 2.45) is 0 Å². The third kappa shape index (κ3) is 2.79. The van der Waals surface area contributed by atoms with Crippen molar-refractivity contribution in [2.75, 3.05) is 11.4 Å². The van der Waals surface area contributed by atoms with E-state index in [9.17, 15) is 9.59 Å². The number of para-hydroxylation sites is 1. The second-order valence-electron chi connectivity index (χ2n) is 5.47. The number of tetrazole rings is 1. The van der Waals surface area contributed by atoms with E-state index >= 15 is 0 Å². The Morgan fingerprint density at radius 1 is 1.27 bits per heavy atom. The second-order valence-corrected chi connectivity index (χ2v) is 5.47. The van der Waals surface area contributed by atoms with Gasteiger partial charge < -0.3 is 0 Å². The summed E-state index contributed by atoms with van der Waals surface area (Å²) in [6.45, 7) is 2.60. The van der Waals surface area contributed by atoms with E-state index in [0.717, 1.165) is 36.1 Å². The van der Waals surface area contributed by atoms with Crippen LogP contribution in [-0.4, -0.2) is 32.4 Å². The van der Waals surface area contributed by atoms with Gasteiger partial charge in [-0.15, -0.1) is 4.68 Å². The molecule has 0 aliphatic heterocycles. The van der Waals surface area contributed by atoms with Gasteiger partial charge in [0.2, 0.25) is 0 Å². The zero-order chi connectivity index (χ0) is 15.5. The smallest absolute Gasteiger partial charge is 0.292 e. The number of hydrogen-bond acceptors (Lipinski definition) is 4. The summed E-state index contributed by atoms with van der Waals surface area (Å²) in [4.78, 5) is 26.5. The van der Waals surface area contributed by atoms with Crippen LogP contribution in [0.5, 0.6) is 0 Å². The average Bonchev–Trinajstić information content (AvgIpc) is 3.31. The highest BCUT2D eigenvalue weighted by atomic mass is 16.2. The molecule has 1 aromatic carbocycles. The zero-order valence-electron chi connectivity index (χ0n) is 12.6. The Kier molecular flexibility index (Phi) is 4.04. The van der Waals surface area contributed by atoms with Crippen molar-refractivity contribution < 1.29 is 4.79 Å². The molecule has 1 aliphatic carbocycles. The first-order chi connectivity index (χ1) is 10.7. The van der Waals surface area contributed by atoms with Crippen LogP contribution >= 0.6 is 0 Å². The van der Waals surface area contributed by atoms with E-state index in [4.69, 9.17) is 0 Å². The molecule has 0 radical (unpaired) electrons. The predicted octanol–water partition coefficient (Wildman–Crippen LogP) is 2.05. The summed E-state index contributed by atoms with van der Waals surface area (Å²) >= 11 is 0. The Hall–Kier alpha value is -2.44. The molecule has 22 heavy (non-hydrogen) atoms. The quantitative estimate of drug-likeness (QED) is 0.792. The second kappa shape index (κ2) is 6.13. The minimum Gasteiger partial charge on any atom is -0.292 e. The van der Waals surface area contributed by atoms with Gasteiger partial charge in [0.15, 0.2) is 0 Å². The van der Waals surface area contributed by atoms with E-state index < -0.39 is 11.7 Å². The van der Waals surface area contributed by atoms with Gasteiger partial charge in [-0.1, -0.05) is 31.5 Å². The van der Waals surface area contributed by atoms with Gasteiger partial charge in [-0.3, -0.25) is 4.90 Å². The van der Waals surface area contributed by atoms with E-state index in [0.29, 0.717) is 6.54 Å². The number of rotatable bonds is 5. The fourth-order valence-electron chi connectivity index (χ4n) is 2.30. The van der Waals surface area contributed by atoms with Crippen LogP contribution in [0.25, 0.3) is 0 Å². The Morgan fingerprint density at radius 2 is 2.00 bits per heavy atom. The molecule has 1 aromatic heterocycles. The van der Waals surface area contributed by atoms with Crippen molar-refractivity contribution in [1.82, 2.24) is 19.8 Å². The van der Waals surface area contributed by atoms with Gasteiger partial charge in [-0.2, -0.15) is 4.68 Å². The lowest BCUT2D eigenvalue weighted by molar-refractivity contribution is 0.243.